The molecule has 0 aliphatic carbocycles. The van der Waals surface area contributed by atoms with Crippen molar-refractivity contribution in [3.63, 3.8) is 0 Å². The normalized spacial score (nSPS) is 16.1. The van der Waals surface area contributed by atoms with Crippen LogP contribution in [0.1, 0.15) is 25.5 Å². The summed E-state index contributed by atoms with van der Waals surface area (Å²) in [6.45, 7) is 4.68. The van der Waals surface area contributed by atoms with Crippen LogP contribution in [0.2, 0.25) is 0 Å². The van der Waals surface area contributed by atoms with Gasteiger partial charge in [0.1, 0.15) is 11.3 Å². The van der Waals surface area contributed by atoms with Crippen molar-refractivity contribution < 1.29 is 13.9 Å². The Kier molecular flexibility index (Phi) is 6.15. The summed E-state index contributed by atoms with van der Waals surface area (Å²) in [5, 5.41) is 4.53. The zero-order chi connectivity index (χ0) is 18.4. The highest BCUT2D eigenvalue weighted by molar-refractivity contribution is 5.81. The van der Waals surface area contributed by atoms with Gasteiger partial charge in [0.2, 0.25) is 0 Å². The Labute approximate surface area is 154 Å². The zero-order valence-corrected chi connectivity index (χ0v) is 15.5. The lowest BCUT2D eigenvalue weighted by Gasteiger charge is -2.33. The van der Waals surface area contributed by atoms with Crippen LogP contribution in [0.3, 0.4) is 0 Å². The Morgan fingerprint density at radius 2 is 2.12 bits per heavy atom. The number of furan rings is 1. The topological polar surface area (TPSA) is 67.1 Å². The minimum absolute atomic E-state index is 0.0138. The van der Waals surface area contributed by atoms with E-state index in [2.05, 4.69) is 27.3 Å². The van der Waals surface area contributed by atoms with E-state index in [1.54, 1.807) is 7.05 Å². The second-order valence-electron chi connectivity index (χ2n) is 6.49. The van der Waals surface area contributed by atoms with Crippen molar-refractivity contribution in [1.82, 2.24) is 10.2 Å². The van der Waals surface area contributed by atoms with Crippen molar-refractivity contribution in [1.29, 1.82) is 0 Å². The Hall–Kier alpha value is -2.50. The van der Waals surface area contributed by atoms with Gasteiger partial charge in [0, 0.05) is 38.5 Å². The molecule has 0 bridgehead atoms. The number of nitrogens with zero attached hydrogens (tertiary/aromatic N) is 2. The van der Waals surface area contributed by atoms with Crippen LogP contribution in [0, 0.1) is 5.92 Å². The van der Waals surface area contributed by atoms with E-state index in [9.17, 15) is 4.79 Å². The molecular formula is C20H27N3O3. The largest absolute Gasteiger partial charge is 0.466 e. The van der Waals surface area contributed by atoms with Crippen molar-refractivity contribution in [2.45, 2.75) is 26.2 Å². The number of hydrogen-bond donors (Lipinski definition) is 1. The molecule has 0 saturated carbocycles. The maximum Gasteiger partial charge on any atom is 0.309 e. The average Bonchev–Trinajstić information content (AvgIpc) is 3.08. The Morgan fingerprint density at radius 3 is 2.81 bits per heavy atom. The van der Waals surface area contributed by atoms with E-state index in [4.69, 9.17) is 9.15 Å². The van der Waals surface area contributed by atoms with Crippen LogP contribution in [0.15, 0.2) is 39.7 Å². The van der Waals surface area contributed by atoms with E-state index in [-0.39, 0.29) is 11.9 Å². The summed E-state index contributed by atoms with van der Waals surface area (Å²) in [4.78, 5) is 18.4. The van der Waals surface area contributed by atoms with Crippen LogP contribution < -0.4 is 5.32 Å². The maximum atomic E-state index is 11.8. The number of aliphatic imine (C=N–C) groups is 1. The molecule has 0 atom stereocenters. The fraction of sp³-hybridized carbons (Fsp3) is 0.500. The molecule has 2 heterocycles. The van der Waals surface area contributed by atoms with Gasteiger partial charge >= 0.3 is 5.97 Å². The standard InChI is InChI=1S/C20H27N3O3/c1-3-25-19(24)15-9-12-23(13-10-15)20(21-2)22-11-8-17-14-16-6-4-5-7-18(16)26-17/h4-7,14-15H,3,8-13H2,1-2H3,(H,21,22). The lowest BCUT2D eigenvalue weighted by molar-refractivity contribution is -0.149. The Morgan fingerprint density at radius 1 is 1.35 bits per heavy atom. The minimum Gasteiger partial charge on any atom is -0.466 e. The number of likely N-dealkylation sites (tertiary alicyclic amines) is 1. The van der Waals surface area contributed by atoms with Crippen LogP contribution in [-0.4, -0.2) is 50.1 Å². The molecule has 1 aliphatic rings. The third-order valence-electron chi connectivity index (χ3n) is 4.76. The van der Waals surface area contributed by atoms with E-state index < -0.39 is 0 Å². The number of para-hydroxylation sites is 1. The predicted molar refractivity (Wildman–Crippen MR) is 102 cm³/mol. The molecule has 140 valence electrons. The molecule has 1 fully saturated rings. The van der Waals surface area contributed by atoms with Crippen molar-refractivity contribution in [2.24, 2.45) is 10.9 Å². The molecule has 1 aromatic heterocycles. The van der Waals surface area contributed by atoms with Crippen molar-refractivity contribution in [2.75, 3.05) is 33.3 Å². The van der Waals surface area contributed by atoms with Crippen molar-refractivity contribution >= 4 is 22.9 Å². The number of rotatable bonds is 5. The van der Waals surface area contributed by atoms with Gasteiger partial charge in [-0.05, 0) is 31.9 Å². The molecule has 0 radical (unpaired) electrons. The molecular weight excluding hydrogens is 330 g/mol. The van der Waals surface area contributed by atoms with Crippen molar-refractivity contribution in [3.05, 3.63) is 36.1 Å². The summed E-state index contributed by atoms with van der Waals surface area (Å²) < 4.78 is 11.0. The fourth-order valence-corrected chi connectivity index (χ4v) is 3.38. The van der Waals surface area contributed by atoms with E-state index in [0.717, 1.165) is 61.6 Å². The first kappa shape index (κ1) is 18.3. The number of esters is 1. The molecule has 6 heteroatoms. The van der Waals surface area contributed by atoms with Crippen LogP contribution >= 0.6 is 0 Å². The monoisotopic (exact) mass is 357 g/mol. The molecule has 1 aliphatic heterocycles. The van der Waals surface area contributed by atoms with Crippen LogP contribution in [-0.2, 0) is 16.0 Å². The molecule has 0 spiro atoms. The average molecular weight is 357 g/mol. The third-order valence-corrected chi connectivity index (χ3v) is 4.76. The lowest BCUT2D eigenvalue weighted by atomic mass is 9.97. The molecule has 26 heavy (non-hydrogen) atoms. The number of guanidine groups is 1. The SMILES string of the molecule is CCOC(=O)C1CCN(C(=NC)NCCc2cc3ccccc3o2)CC1. The predicted octanol–water partition coefficient (Wildman–Crippen LogP) is 2.83. The number of ether oxygens (including phenoxy) is 1. The summed E-state index contributed by atoms with van der Waals surface area (Å²) in [6, 6.07) is 10.1. The van der Waals surface area contributed by atoms with E-state index >= 15 is 0 Å². The summed E-state index contributed by atoms with van der Waals surface area (Å²) in [5.74, 6) is 1.79. The molecule has 0 unspecified atom stereocenters. The van der Waals surface area contributed by atoms with Gasteiger partial charge < -0.3 is 19.4 Å². The first-order chi connectivity index (χ1) is 12.7. The number of piperidine rings is 1. The summed E-state index contributed by atoms with van der Waals surface area (Å²) in [5.41, 5.74) is 0.924. The number of hydrogen-bond acceptors (Lipinski definition) is 4. The molecule has 1 saturated heterocycles. The van der Waals surface area contributed by atoms with Gasteiger partial charge in [-0.3, -0.25) is 9.79 Å². The Balaban J connectivity index is 1.47. The highest BCUT2D eigenvalue weighted by Crippen LogP contribution is 2.20. The number of nitrogens with one attached hydrogen (secondary N) is 1. The van der Waals surface area contributed by atoms with Gasteiger partial charge in [-0.1, -0.05) is 18.2 Å². The zero-order valence-electron chi connectivity index (χ0n) is 15.5. The molecule has 1 N–H and O–H groups in total. The van der Waals surface area contributed by atoms with Gasteiger partial charge in [0.05, 0.1) is 12.5 Å². The minimum atomic E-state index is -0.0695. The van der Waals surface area contributed by atoms with Gasteiger partial charge in [-0.2, -0.15) is 0 Å². The van der Waals surface area contributed by atoms with E-state index in [1.165, 1.54) is 0 Å². The number of carbonyl (C=O) groups excluding carboxylic acids is 1. The number of fused-ring (bicyclic) bond motifs is 1. The molecule has 1 aromatic carbocycles. The Bertz CT molecular complexity index is 728. The second kappa shape index (κ2) is 8.74. The van der Waals surface area contributed by atoms with Gasteiger partial charge in [0.25, 0.3) is 0 Å². The molecule has 0 amide bonds. The fourth-order valence-electron chi connectivity index (χ4n) is 3.38. The quantitative estimate of drug-likeness (QED) is 0.506. The lowest BCUT2D eigenvalue weighted by Crippen LogP contribution is -2.47. The van der Waals surface area contributed by atoms with Gasteiger partial charge in [-0.25, -0.2) is 0 Å². The van der Waals surface area contributed by atoms with Crippen LogP contribution in [0.4, 0.5) is 0 Å². The van der Waals surface area contributed by atoms with E-state index in [0.29, 0.717) is 6.61 Å². The van der Waals surface area contributed by atoms with Crippen molar-refractivity contribution in [3.8, 4) is 0 Å². The third kappa shape index (κ3) is 4.36. The van der Waals surface area contributed by atoms with Crippen LogP contribution in [0.5, 0.6) is 0 Å². The van der Waals surface area contributed by atoms with Gasteiger partial charge in [-0.15, -0.1) is 0 Å². The number of benzene rings is 1. The molecule has 2 aromatic rings. The van der Waals surface area contributed by atoms with Gasteiger partial charge in [0.15, 0.2) is 5.96 Å². The van der Waals surface area contributed by atoms with Crippen LogP contribution in [0.25, 0.3) is 11.0 Å². The first-order valence-electron chi connectivity index (χ1n) is 9.31. The first-order valence-corrected chi connectivity index (χ1v) is 9.31. The summed E-state index contributed by atoms with van der Waals surface area (Å²) >= 11 is 0. The second-order valence-corrected chi connectivity index (χ2v) is 6.49. The number of carbonyl (C=O) groups is 1. The molecule has 6 nitrogen and oxygen atoms in total. The smallest absolute Gasteiger partial charge is 0.309 e. The maximum absolute atomic E-state index is 11.8. The van der Waals surface area contributed by atoms with E-state index in [1.807, 2.05) is 25.1 Å². The highest BCUT2D eigenvalue weighted by Gasteiger charge is 2.27. The summed E-state index contributed by atoms with van der Waals surface area (Å²) in [7, 11) is 1.79. The highest BCUT2D eigenvalue weighted by atomic mass is 16.5. The molecule has 3 rings (SSSR count). The summed E-state index contributed by atoms with van der Waals surface area (Å²) in [6.07, 6.45) is 2.42.